The SMILES string of the molecule is O=C(c1cccc2nc(-c3ccc(F)cc3)oc12)N1CC(N2CCN(c3ccccn3)CC2)C1. The molecule has 0 spiro atoms. The molecule has 0 unspecified atom stereocenters. The van der Waals surface area contributed by atoms with E-state index in [4.69, 9.17) is 4.42 Å². The highest BCUT2D eigenvalue weighted by Gasteiger charge is 2.37. The van der Waals surface area contributed by atoms with Gasteiger partial charge in [0.2, 0.25) is 5.89 Å². The molecule has 34 heavy (non-hydrogen) atoms. The van der Waals surface area contributed by atoms with E-state index in [1.165, 1.54) is 12.1 Å². The van der Waals surface area contributed by atoms with Crippen LogP contribution in [0.2, 0.25) is 0 Å². The second-order valence-corrected chi connectivity index (χ2v) is 8.75. The number of halogens is 1. The zero-order chi connectivity index (χ0) is 23.1. The minimum atomic E-state index is -0.318. The van der Waals surface area contributed by atoms with Crippen molar-refractivity contribution in [1.82, 2.24) is 19.8 Å². The van der Waals surface area contributed by atoms with Gasteiger partial charge in [-0.15, -0.1) is 0 Å². The largest absolute Gasteiger partial charge is 0.435 e. The molecule has 8 heteroatoms. The zero-order valence-electron chi connectivity index (χ0n) is 18.6. The molecule has 0 atom stereocenters. The third-order valence-corrected chi connectivity index (χ3v) is 6.69. The number of benzene rings is 2. The quantitative estimate of drug-likeness (QED) is 0.466. The fraction of sp³-hybridized carbons (Fsp3) is 0.269. The van der Waals surface area contributed by atoms with Gasteiger partial charge in [-0.25, -0.2) is 14.4 Å². The number of para-hydroxylation sites is 1. The van der Waals surface area contributed by atoms with Crippen molar-refractivity contribution in [2.24, 2.45) is 0 Å². The summed E-state index contributed by atoms with van der Waals surface area (Å²) in [6.07, 6.45) is 1.83. The Morgan fingerprint density at radius 3 is 2.47 bits per heavy atom. The van der Waals surface area contributed by atoms with E-state index in [9.17, 15) is 9.18 Å². The molecule has 2 saturated heterocycles. The number of likely N-dealkylation sites (tertiary alicyclic amines) is 1. The van der Waals surface area contributed by atoms with Crippen molar-refractivity contribution < 1.29 is 13.6 Å². The van der Waals surface area contributed by atoms with E-state index in [1.54, 1.807) is 18.2 Å². The first-order chi connectivity index (χ1) is 16.7. The Balaban J connectivity index is 1.11. The van der Waals surface area contributed by atoms with Crippen molar-refractivity contribution in [1.29, 1.82) is 0 Å². The first kappa shape index (κ1) is 20.8. The van der Waals surface area contributed by atoms with E-state index in [0.29, 0.717) is 47.2 Å². The lowest BCUT2D eigenvalue weighted by atomic mass is 10.0. The normalized spacial score (nSPS) is 17.2. The van der Waals surface area contributed by atoms with Crippen LogP contribution in [0.3, 0.4) is 0 Å². The highest BCUT2D eigenvalue weighted by molar-refractivity contribution is 6.04. The molecule has 0 N–H and O–H groups in total. The van der Waals surface area contributed by atoms with Crippen LogP contribution < -0.4 is 4.90 Å². The molecule has 0 aliphatic carbocycles. The summed E-state index contributed by atoms with van der Waals surface area (Å²) in [5.74, 6) is 1.03. The molecule has 4 aromatic rings. The summed E-state index contributed by atoms with van der Waals surface area (Å²) in [4.78, 5) is 28.8. The third-order valence-electron chi connectivity index (χ3n) is 6.69. The van der Waals surface area contributed by atoms with Gasteiger partial charge in [0.25, 0.3) is 5.91 Å². The van der Waals surface area contributed by atoms with Crippen LogP contribution in [0.15, 0.2) is 71.3 Å². The summed E-state index contributed by atoms with van der Waals surface area (Å²) in [5.41, 5.74) is 2.27. The van der Waals surface area contributed by atoms with Gasteiger partial charge in [-0.3, -0.25) is 9.69 Å². The average molecular weight is 458 g/mol. The van der Waals surface area contributed by atoms with Crippen molar-refractivity contribution in [3.63, 3.8) is 0 Å². The number of nitrogens with zero attached hydrogens (tertiary/aromatic N) is 5. The molecule has 2 aromatic carbocycles. The highest BCUT2D eigenvalue weighted by atomic mass is 19.1. The molecule has 2 aliphatic rings. The van der Waals surface area contributed by atoms with Gasteiger partial charge in [-0.2, -0.15) is 0 Å². The number of hydrogen-bond donors (Lipinski definition) is 0. The number of carbonyl (C=O) groups excluding carboxylic acids is 1. The number of fused-ring (bicyclic) bond motifs is 1. The summed E-state index contributed by atoms with van der Waals surface area (Å²) in [7, 11) is 0. The maximum Gasteiger partial charge on any atom is 0.257 e. The molecule has 4 heterocycles. The van der Waals surface area contributed by atoms with E-state index >= 15 is 0 Å². The number of oxazole rings is 1. The van der Waals surface area contributed by atoms with Crippen LogP contribution in [-0.2, 0) is 0 Å². The topological polar surface area (TPSA) is 65.7 Å². The van der Waals surface area contributed by atoms with Crippen LogP contribution in [0.5, 0.6) is 0 Å². The lowest BCUT2D eigenvalue weighted by Gasteiger charge is -2.48. The summed E-state index contributed by atoms with van der Waals surface area (Å²) < 4.78 is 19.2. The smallest absolute Gasteiger partial charge is 0.257 e. The summed E-state index contributed by atoms with van der Waals surface area (Å²) in [6, 6.07) is 17.8. The molecule has 172 valence electrons. The highest BCUT2D eigenvalue weighted by Crippen LogP contribution is 2.29. The second-order valence-electron chi connectivity index (χ2n) is 8.75. The number of piperazine rings is 1. The maximum absolute atomic E-state index is 13.3. The Morgan fingerprint density at radius 1 is 0.941 bits per heavy atom. The number of anilines is 1. The van der Waals surface area contributed by atoms with E-state index in [2.05, 4.69) is 19.8 Å². The Labute approximate surface area is 196 Å². The van der Waals surface area contributed by atoms with Gasteiger partial charge in [-0.05, 0) is 48.5 Å². The van der Waals surface area contributed by atoms with Gasteiger partial charge in [0.05, 0.1) is 5.56 Å². The summed E-state index contributed by atoms with van der Waals surface area (Å²) >= 11 is 0. The Bertz CT molecular complexity index is 1310. The maximum atomic E-state index is 13.3. The third kappa shape index (κ3) is 3.80. The van der Waals surface area contributed by atoms with Gasteiger partial charge in [0, 0.05) is 57.1 Å². The number of hydrogen-bond acceptors (Lipinski definition) is 6. The number of carbonyl (C=O) groups is 1. The van der Waals surface area contributed by atoms with Crippen LogP contribution in [0.1, 0.15) is 10.4 Å². The van der Waals surface area contributed by atoms with Crippen LogP contribution >= 0.6 is 0 Å². The Morgan fingerprint density at radius 2 is 1.74 bits per heavy atom. The van der Waals surface area contributed by atoms with Crippen LogP contribution in [0, 0.1) is 5.82 Å². The zero-order valence-corrected chi connectivity index (χ0v) is 18.6. The van der Waals surface area contributed by atoms with Gasteiger partial charge in [-0.1, -0.05) is 12.1 Å². The lowest BCUT2D eigenvalue weighted by molar-refractivity contribution is 0.0247. The molecular weight excluding hydrogens is 433 g/mol. The first-order valence-corrected chi connectivity index (χ1v) is 11.5. The minimum Gasteiger partial charge on any atom is -0.435 e. The number of rotatable bonds is 4. The molecule has 0 bridgehead atoms. The average Bonchev–Trinajstić information content (AvgIpc) is 3.29. The summed E-state index contributed by atoms with van der Waals surface area (Å²) in [5, 5.41) is 0. The molecule has 0 radical (unpaired) electrons. The standard InChI is InChI=1S/C26H24FN5O2/c27-19-9-7-18(8-10-19)25-29-22-5-3-4-21(24(22)34-25)26(33)32-16-20(17-32)30-12-14-31(15-13-30)23-6-1-2-11-28-23/h1-11,20H,12-17H2. The number of amides is 1. The first-order valence-electron chi connectivity index (χ1n) is 11.5. The molecule has 2 aliphatic heterocycles. The Hall–Kier alpha value is -3.78. The molecular formula is C26H24FN5O2. The van der Waals surface area contributed by atoms with Crippen LogP contribution in [0.25, 0.3) is 22.6 Å². The molecule has 6 rings (SSSR count). The van der Waals surface area contributed by atoms with Crippen molar-refractivity contribution in [3.8, 4) is 11.5 Å². The van der Waals surface area contributed by atoms with E-state index in [1.807, 2.05) is 41.4 Å². The predicted molar refractivity (Wildman–Crippen MR) is 127 cm³/mol. The van der Waals surface area contributed by atoms with Crippen molar-refractivity contribution in [2.45, 2.75) is 6.04 Å². The Kier molecular flexibility index (Phi) is 5.22. The van der Waals surface area contributed by atoms with Gasteiger partial charge < -0.3 is 14.2 Å². The molecule has 0 saturated carbocycles. The van der Waals surface area contributed by atoms with Crippen LogP contribution in [0.4, 0.5) is 10.2 Å². The van der Waals surface area contributed by atoms with E-state index < -0.39 is 0 Å². The molecule has 2 aromatic heterocycles. The molecule has 1 amide bonds. The lowest BCUT2D eigenvalue weighted by Crippen LogP contribution is -2.64. The number of aromatic nitrogens is 2. The fourth-order valence-electron chi connectivity index (χ4n) is 4.71. The monoisotopic (exact) mass is 457 g/mol. The molecule has 7 nitrogen and oxygen atoms in total. The second kappa shape index (κ2) is 8.53. The van der Waals surface area contributed by atoms with Crippen molar-refractivity contribution in [2.75, 3.05) is 44.2 Å². The van der Waals surface area contributed by atoms with E-state index in [-0.39, 0.29) is 11.7 Å². The number of pyridine rings is 1. The van der Waals surface area contributed by atoms with Gasteiger partial charge >= 0.3 is 0 Å². The van der Waals surface area contributed by atoms with Gasteiger partial charge in [0.15, 0.2) is 5.58 Å². The van der Waals surface area contributed by atoms with Gasteiger partial charge in [0.1, 0.15) is 17.2 Å². The van der Waals surface area contributed by atoms with Crippen molar-refractivity contribution in [3.05, 3.63) is 78.2 Å². The molecule has 2 fully saturated rings. The fourth-order valence-corrected chi connectivity index (χ4v) is 4.71. The van der Waals surface area contributed by atoms with Crippen molar-refractivity contribution >= 4 is 22.8 Å². The predicted octanol–water partition coefficient (Wildman–Crippen LogP) is 3.68. The van der Waals surface area contributed by atoms with Crippen LogP contribution in [-0.4, -0.2) is 71.0 Å². The summed E-state index contributed by atoms with van der Waals surface area (Å²) in [6.45, 7) is 5.20. The van der Waals surface area contributed by atoms with E-state index in [0.717, 1.165) is 32.0 Å². The minimum absolute atomic E-state index is 0.0456.